The summed E-state index contributed by atoms with van der Waals surface area (Å²) in [7, 11) is 0. The maximum Gasteiger partial charge on any atom is 0.219 e. The van der Waals surface area contributed by atoms with Crippen LogP contribution in [-0.4, -0.2) is 29.8 Å². The monoisotopic (exact) mass is 189 g/mol. The minimum Gasteiger partial charge on any atom is -0.342 e. The lowest BCUT2D eigenvalue weighted by Gasteiger charge is -2.35. The van der Waals surface area contributed by atoms with Gasteiger partial charge in [0.15, 0.2) is 0 Å². The van der Waals surface area contributed by atoms with Crippen molar-refractivity contribution in [1.29, 1.82) is 0 Å². The van der Waals surface area contributed by atoms with Gasteiger partial charge in [-0.1, -0.05) is 6.92 Å². The quantitative estimate of drug-likeness (QED) is 0.576. The molecule has 0 aromatic rings. The Kier molecular flexibility index (Phi) is 3.39. The highest BCUT2D eigenvalue weighted by Crippen LogP contribution is 2.22. The van der Waals surface area contributed by atoms with Crippen LogP contribution in [0.25, 0.3) is 0 Å². The molecular formula is C9H16ClNO. The number of rotatable bonds is 1. The van der Waals surface area contributed by atoms with Crippen LogP contribution >= 0.6 is 11.6 Å². The molecule has 1 saturated heterocycles. The fourth-order valence-corrected chi connectivity index (χ4v) is 2.07. The number of alkyl halides is 1. The van der Waals surface area contributed by atoms with Crippen LogP contribution in [-0.2, 0) is 4.79 Å². The molecule has 0 radical (unpaired) electrons. The third-order valence-corrected chi connectivity index (χ3v) is 2.85. The molecule has 1 heterocycles. The molecule has 1 rings (SSSR count). The van der Waals surface area contributed by atoms with Crippen molar-refractivity contribution in [3.05, 3.63) is 0 Å². The smallest absolute Gasteiger partial charge is 0.219 e. The molecule has 3 heteroatoms. The van der Waals surface area contributed by atoms with Gasteiger partial charge in [-0.05, 0) is 18.3 Å². The third kappa shape index (κ3) is 2.37. The Bertz CT molecular complexity index is 172. The number of carbonyl (C=O) groups excluding carboxylic acids is 1. The summed E-state index contributed by atoms with van der Waals surface area (Å²) >= 11 is 5.78. The second kappa shape index (κ2) is 4.13. The van der Waals surface area contributed by atoms with Crippen LogP contribution in [0.1, 0.15) is 20.3 Å². The number of amides is 1. The van der Waals surface area contributed by atoms with Gasteiger partial charge in [-0.3, -0.25) is 4.79 Å². The Morgan fingerprint density at radius 2 is 2.25 bits per heavy atom. The molecule has 2 nitrogen and oxygen atoms in total. The van der Waals surface area contributed by atoms with Gasteiger partial charge >= 0.3 is 0 Å². The van der Waals surface area contributed by atoms with Crippen LogP contribution < -0.4 is 0 Å². The molecular weight excluding hydrogens is 174 g/mol. The van der Waals surface area contributed by atoms with Gasteiger partial charge in [-0.25, -0.2) is 0 Å². The van der Waals surface area contributed by atoms with E-state index in [4.69, 9.17) is 11.6 Å². The highest BCUT2D eigenvalue weighted by atomic mass is 35.5. The Morgan fingerprint density at radius 1 is 1.58 bits per heavy atom. The van der Waals surface area contributed by atoms with Crippen molar-refractivity contribution < 1.29 is 4.79 Å². The number of nitrogens with zero attached hydrogens (tertiary/aromatic N) is 1. The molecule has 1 aliphatic rings. The van der Waals surface area contributed by atoms with Gasteiger partial charge in [0.25, 0.3) is 0 Å². The lowest BCUT2D eigenvalue weighted by atomic mass is 9.92. The highest BCUT2D eigenvalue weighted by molar-refractivity contribution is 6.18. The lowest BCUT2D eigenvalue weighted by Crippen LogP contribution is -2.42. The van der Waals surface area contributed by atoms with Gasteiger partial charge < -0.3 is 4.90 Å². The zero-order valence-electron chi connectivity index (χ0n) is 7.72. The molecule has 0 aromatic heterocycles. The van der Waals surface area contributed by atoms with E-state index in [9.17, 15) is 4.79 Å². The first-order valence-corrected chi connectivity index (χ1v) is 4.98. The summed E-state index contributed by atoms with van der Waals surface area (Å²) in [6.45, 7) is 5.56. The van der Waals surface area contributed by atoms with E-state index in [0.717, 1.165) is 19.5 Å². The molecule has 0 saturated carbocycles. The SMILES string of the molecule is CC(=O)N1CC(C)CC(CCl)C1. The molecule has 0 aromatic carbocycles. The highest BCUT2D eigenvalue weighted by Gasteiger charge is 2.25. The van der Waals surface area contributed by atoms with Crippen LogP contribution in [0.3, 0.4) is 0 Å². The first-order chi connectivity index (χ1) is 5.63. The predicted molar refractivity (Wildman–Crippen MR) is 50.2 cm³/mol. The number of likely N-dealkylation sites (tertiary alicyclic amines) is 1. The largest absolute Gasteiger partial charge is 0.342 e. The van der Waals surface area contributed by atoms with E-state index in [0.29, 0.717) is 17.7 Å². The van der Waals surface area contributed by atoms with Gasteiger partial charge in [0.1, 0.15) is 0 Å². The molecule has 12 heavy (non-hydrogen) atoms. The van der Waals surface area contributed by atoms with Gasteiger partial charge in [0.05, 0.1) is 0 Å². The van der Waals surface area contributed by atoms with Crippen molar-refractivity contribution in [3.8, 4) is 0 Å². The summed E-state index contributed by atoms with van der Waals surface area (Å²) in [5.74, 6) is 1.95. The van der Waals surface area contributed by atoms with Crippen molar-refractivity contribution in [2.24, 2.45) is 11.8 Å². The van der Waals surface area contributed by atoms with E-state index >= 15 is 0 Å². The van der Waals surface area contributed by atoms with Crippen LogP contribution in [0.4, 0.5) is 0 Å². The third-order valence-electron chi connectivity index (χ3n) is 2.41. The van der Waals surface area contributed by atoms with E-state index in [1.807, 2.05) is 4.90 Å². The zero-order chi connectivity index (χ0) is 9.14. The minimum atomic E-state index is 0.177. The van der Waals surface area contributed by atoms with E-state index in [-0.39, 0.29) is 5.91 Å². The topological polar surface area (TPSA) is 20.3 Å². The van der Waals surface area contributed by atoms with Gasteiger partial charge in [0.2, 0.25) is 5.91 Å². The van der Waals surface area contributed by atoms with E-state index < -0.39 is 0 Å². The van der Waals surface area contributed by atoms with Crippen molar-refractivity contribution >= 4 is 17.5 Å². The van der Waals surface area contributed by atoms with E-state index in [1.54, 1.807) is 6.92 Å². The zero-order valence-corrected chi connectivity index (χ0v) is 8.47. The number of piperidine rings is 1. The number of hydrogen-bond donors (Lipinski definition) is 0. The first kappa shape index (κ1) is 9.85. The molecule has 1 fully saturated rings. The Labute approximate surface area is 78.9 Å². The Balaban J connectivity index is 2.51. The second-order valence-electron chi connectivity index (χ2n) is 3.79. The Hall–Kier alpha value is -0.240. The molecule has 0 N–H and O–H groups in total. The molecule has 1 aliphatic heterocycles. The molecule has 0 aliphatic carbocycles. The predicted octanol–water partition coefficient (Wildman–Crippen LogP) is 1.73. The Morgan fingerprint density at radius 3 is 2.75 bits per heavy atom. The fraction of sp³-hybridized carbons (Fsp3) is 0.889. The average Bonchev–Trinajstić information content (AvgIpc) is 2.03. The van der Waals surface area contributed by atoms with Crippen molar-refractivity contribution in [3.63, 3.8) is 0 Å². The molecule has 2 unspecified atom stereocenters. The first-order valence-electron chi connectivity index (χ1n) is 4.45. The van der Waals surface area contributed by atoms with E-state index in [1.165, 1.54) is 0 Å². The van der Waals surface area contributed by atoms with Crippen LogP contribution in [0.2, 0.25) is 0 Å². The van der Waals surface area contributed by atoms with Crippen molar-refractivity contribution in [2.45, 2.75) is 20.3 Å². The van der Waals surface area contributed by atoms with Crippen LogP contribution in [0.15, 0.2) is 0 Å². The van der Waals surface area contributed by atoms with Gasteiger partial charge in [-0.15, -0.1) is 11.6 Å². The molecule has 70 valence electrons. The summed E-state index contributed by atoms with van der Waals surface area (Å²) in [6.07, 6.45) is 1.16. The van der Waals surface area contributed by atoms with Crippen molar-refractivity contribution in [1.82, 2.24) is 4.90 Å². The normalized spacial score (nSPS) is 30.4. The molecule has 1 amide bonds. The summed E-state index contributed by atoms with van der Waals surface area (Å²) < 4.78 is 0. The molecule has 2 atom stereocenters. The summed E-state index contributed by atoms with van der Waals surface area (Å²) in [6, 6.07) is 0. The average molecular weight is 190 g/mol. The van der Waals surface area contributed by atoms with Gasteiger partial charge in [0, 0.05) is 25.9 Å². The molecule has 0 bridgehead atoms. The fourth-order valence-electron chi connectivity index (χ4n) is 1.85. The van der Waals surface area contributed by atoms with Crippen LogP contribution in [0.5, 0.6) is 0 Å². The second-order valence-corrected chi connectivity index (χ2v) is 4.09. The van der Waals surface area contributed by atoms with Gasteiger partial charge in [-0.2, -0.15) is 0 Å². The number of halogens is 1. The standard InChI is InChI=1S/C9H16ClNO/c1-7-3-9(4-10)6-11(5-7)8(2)12/h7,9H,3-6H2,1-2H3. The summed E-state index contributed by atoms with van der Waals surface area (Å²) in [5, 5.41) is 0. The molecule has 0 spiro atoms. The maximum atomic E-state index is 11.1. The summed E-state index contributed by atoms with van der Waals surface area (Å²) in [5.41, 5.74) is 0. The van der Waals surface area contributed by atoms with Crippen LogP contribution in [0, 0.1) is 11.8 Å². The number of hydrogen-bond acceptors (Lipinski definition) is 1. The maximum absolute atomic E-state index is 11.1. The summed E-state index contributed by atoms with van der Waals surface area (Å²) in [4.78, 5) is 13.0. The lowest BCUT2D eigenvalue weighted by molar-refractivity contribution is -0.131. The minimum absolute atomic E-state index is 0.177. The number of carbonyl (C=O) groups is 1. The van der Waals surface area contributed by atoms with Crippen molar-refractivity contribution in [2.75, 3.05) is 19.0 Å². The van der Waals surface area contributed by atoms with E-state index in [2.05, 4.69) is 6.92 Å².